The van der Waals surface area contributed by atoms with Crippen molar-refractivity contribution in [2.75, 3.05) is 13.7 Å². The minimum atomic E-state index is -0.617. The first-order chi connectivity index (χ1) is 7.54. The number of non-ortho nitro benzene ring substituents is 1. The van der Waals surface area contributed by atoms with Gasteiger partial charge in [0, 0.05) is 18.0 Å². The van der Waals surface area contributed by atoms with E-state index in [2.05, 4.69) is 15.9 Å². The molecule has 1 unspecified atom stereocenters. The van der Waals surface area contributed by atoms with E-state index >= 15 is 0 Å². The normalized spacial score (nSPS) is 12.4. The van der Waals surface area contributed by atoms with Crippen LogP contribution in [0.2, 0.25) is 0 Å². The predicted molar refractivity (Wildman–Crippen MR) is 61.3 cm³/mol. The molecule has 6 heteroatoms. The van der Waals surface area contributed by atoms with Crippen molar-refractivity contribution in [1.29, 1.82) is 0 Å². The molecule has 4 nitrogen and oxygen atoms in total. The fraction of sp³-hybridized carbons (Fsp3) is 0.400. The Morgan fingerprint density at radius 1 is 1.62 bits per heavy atom. The topological polar surface area (TPSA) is 52.4 Å². The van der Waals surface area contributed by atoms with Crippen LogP contribution in [0.15, 0.2) is 18.2 Å². The third-order valence-electron chi connectivity index (χ3n) is 2.04. The van der Waals surface area contributed by atoms with Gasteiger partial charge < -0.3 is 4.74 Å². The number of nitro groups is 1. The van der Waals surface area contributed by atoms with Crippen molar-refractivity contribution in [1.82, 2.24) is 0 Å². The molecule has 0 aliphatic carbocycles. The molecule has 0 aliphatic rings. The molecule has 0 saturated heterocycles. The number of nitrogens with zero attached hydrogens (tertiary/aromatic N) is 1. The van der Waals surface area contributed by atoms with Gasteiger partial charge in [0.2, 0.25) is 0 Å². The molecule has 0 radical (unpaired) electrons. The Morgan fingerprint density at radius 3 is 2.81 bits per heavy atom. The maximum Gasteiger partial charge on any atom is 0.272 e. The van der Waals surface area contributed by atoms with Crippen LogP contribution < -0.4 is 0 Å². The minimum Gasteiger partial charge on any atom is -0.384 e. The lowest BCUT2D eigenvalue weighted by Crippen LogP contribution is -2.11. The maximum atomic E-state index is 13.4. The Morgan fingerprint density at radius 2 is 2.31 bits per heavy atom. The molecule has 1 aromatic carbocycles. The van der Waals surface area contributed by atoms with Gasteiger partial charge >= 0.3 is 0 Å². The Kier molecular flexibility index (Phi) is 4.82. The molecule has 1 atom stereocenters. The van der Waals surface area contributed by atoms with Crippen molar-refractivity contribution in [3.63, 3.8) is 0 Å². The first-order valence-electron chi connectivity index (χ1n) is 4.60. The molecule has 0 aliphatic heterocycles. The lowest BCUT2D eigenvalue weighted by atomic mass is 10.1. The smallest absolute Gasteiger partial charge is 0.272 e. The fourth-order valence-corrected chi connectivity index (χ4v) is 1.91. The van der Waals surface area contributed by atoms with E-state index in [1.54, 1.807) is 7.11 Å². The zero-order valence-corrected chi connectivity index (χ0v) is 10.2. The predicted octanol–water partition coefficient (Wildman–Crippen LogP) is 2.69. The van der Waals surface area contributed by atoms with Gasteiger partial charge in [-0.1, -0.05) is 15.9 Å². The van der Waals surface area contributed by atoms with Crippen LogP contribution in [0.4, 0.5) is 10.1 Å². The molecule has 0 heterocycles. The highest BCUT2D eigenvalue weighted by Crippen LogP contribution is 2.19. The first-order valence-corrected chi connectivity index (χ1v) is 5.52. The van der Waals surface area contributed by atoms with E-state index in [1.807, 2.05) is 0 Å². The molecule has 0 fully saturated rings. The average molecular weight is 292 g/mol. The van der Waals surface area contributed by atoms with Crippen molar-refractivity contribution < 1.29 is 14.1 Å². The van der Waals surface area contributed by atoms with Gasteiger partial charge in [0.05, 0.1) is 17.6 Å². The number of nitro benzene ring substituents is 1. The van der Waals surface area contributed by atoms with Gasteiger partial charge in [-0.3, -0.25) is 10.1 Å². The van der Waals surface area contributed by atoms with Crippen LogP contribution in [-0.4, -0.2) is 23.5 Å². The number of methoxy groups -OCH3 is 1. The SMILES string of the molecule is COCC(Br)Cc1ccc([N+](=O)[O-])cc1F. The Balaban J connectivity index is 2.79. The molecule has 0 amide bonds. The molecule has 0 N–H and O–H groups in total. The summed E-state index contributed by atoms with van der Waals surface area (Å²) in [7, 11) is 1.56. The van der Waals surface area contributed by atoms with Crippen LogP contribution in [0, 0.1) is 15.9 Å². The van der Waals surface area contributed by atoms with Gasteiger partial charge in [0.15, 0.2) is 0 Å². The van der Waals surface area contributed by atoms with Crippen molar-refractivity contribution in [2.45, 2.75) is 11.2 Å². The van der Waals surface area contributed by atoms with E-state index in [9.17, 15) is 14.5 Å². The highest BCUT2D eigenvalue weighted by atomic mass is 79.9. The van der Waals surface area contributed by atoms with Crippen molar-refractivity contribution >= 4 is 21.6 Å². The highest BCUT2D eigenvalue weighted by molar-refractivity contribution is 9.09. The number of alkyl halides is 1. The summed E-state index contributed by atoms with van der Waals surface area (Å²) in [6, 6.07) is 3.66. The average Bonchev–Trinajstić information content (AvgIpc) is 2.21. The first kappa shape index (κ1) is 13.1. The van der Waals surface area contributed by atoms with E-state index in [-0.39, 0.29) is 10.5 Å². The second kappa shape index (κ2) is 5.91. The summed E-state index contributed by atoms with van der Waals surface area (Å²) >= 11 is 3.33. The van der Waals surface area contributed by atoms with Gasteiger partial charge in [-0.15, -0.1) is 0 Å². The van der Waals surface area contributed by atoms with Crippen molar-refractivity contribution in [3.05, 3.63) is 39.7 Å². The highest BCUT2D eigenvalue weighted by Gasteiger charge is 2.13. The number of hydrogen-bond acceptors (Lipinski definition) is 3. The van der Waals surface area contributed by atoms with E-state index in [4.69, 9.17) is 4.74 Å². The van der Waals surface area contributed by atoms with Crippen LogP contribution in [0.3, 0.4) is 0 Å². The van der Waals surface area contributed by atoms with Gasteiger partial charge in [-0.2, -0.15) is 0 Å². The quantitative estimate of drug-likeness (QED) is 0.476. The number of halogens is 2. The summed E-state index contributed by atoms with van der Waals surface area (Å²) < 4.78 is 18.3. The van der Waals surface area contributed by atoms with Gasteiger partial charge in [-0.05, 0) is 18.1 Å². The zero-order valence-electron chi connectivity index (χ0n) is 8.65. The summed E-state index contributed by atoms with van der Waals surface area (Å²) in [6.07, 6.45) is 0.428. The van der Waals surface area contributed by atoms with Crippen LogP contribution in [0.1, 0.15) is 5.56 Å². The monoisotopic (exact) mass is 291 g/mol. The van der Waals surface area contributed by atoms with E-state index in [1.165, 1.54) is 12.1 Å². The second-order valence-corrected chi connectivity index (χ2v) is 4.58. The Bertz CT molecular complexity index is 386. The van der Waals surface area contributed by atoms with Crippen molar-refractivity contribution in [2.24, 2.45) is 0 Å². The molecule has 0 saturated carbocycles. The lowest BCUT2D eigenvalue weighted by molar-refractivity contribution is -0.385. The standard InChI is InChI=1S/C10H11BrFNO3/c1-16-6-8(11)4-7-2-3-9(13(14)15)5-10(7)12/h2-3,5,8H,4,6H2,1H3. The summed E-state index contributed by atoms with van der Waals surface area (Å²) in [5.74, 6) is -0.560. The van der Waals surface area contributed by atoms with Crippen LogP contribution >= 0.6 is 15.9 Å². The summed E-state index contributed by atoms with van der Waals surface area (Å²) in [5.41, 5.74) is 0.198. The molecule has 0 aromatic heterocycles. The molecule has 88 valence electrons. The van der Waals surface area contributed by atoms with Crippen LogP contribution in [0.25, 0.3) is 0 Å². The lowest BCUT2D eigenvalue weighted by Gasteiger charge is -2.08. The van der Waals surface area contributed by atoms with E-state index in [0.29, 0.717) is 18.6 Å². The third-order valence-corrected chi connectivity index (χ3v) is 2.62. The van der Waals surface area contributed by atoms with E-state index < -0.39 is 10.7 Å². The molecule has 1 rings (SSSR count). The van der Waals surface area contributed by atoms with Gasteiger partial charge in [-0.25, -0.2) is 4.39 Å². The number of rotatable bonds is 5. The van der Waals surface area contributed by atoms with Crippen LogP contribution in [0.5, 0.6) is 0 Å². The number of hydrogen-bond donors (Lipinski definition) is 0. The molecule has 0 bridgehead atoms. The summed E-state index contributed by atoms with van der Waals surface area (Å²) in [6.45, 7) is 0.455. The summed E-state index contributed by atoms with van der Waals surface area (Å²) in [5, 5.41) is 10.4. The molecule has 0 spiro atoms. The zero-order chi connectivity index (χ0) is 12.1. The largest absolute Gasteiger partial charge is 0.384 e. The molecule has 16 heavy (non-hydrogen) atoms. The fourth-order valence-electron chi connectivity index (χ4n) is 1.29. The van der Waals surface area contributed by atoms with Crippen molar-refractivity contribution in [3.8, 4) is 0 Å². The van der Waals surface area contributed by atoms with Crippen LogP contribution in [-0.2, 0) is 11.2 Å². The number of ether oxygens (including phenoxy) is 1. The number of benzene rings is 1. The minimum absolute atomic E-state index is 0.00606. The molecule has 1 aromatic rings. The third kappa shape index (κ3) is 3.53. The summed E-state index contributed by atoms with van der Waals surface area (Å²) in [4.78, 5) is 9.78. The maximum absolute atomic E-state index is 13.4. The second-order valence-electron chi connectivity index (χ2n) is 3.29. The van der Waals surface area contributed by atoms with Gasteiger partial charge in [0.1, 0.15) is 5.82 Å². The van der Waals surface area contributed by atoms with E-state index in [0.717, 1.165) is 6.07 Å². The molecular weight excluding hydrogens is 281 g/mol. The Labute approximate surface area is 101 Å². The Hall–Kier alpha value is -1.01. The molecular formula is C10H11BrFNO3. The van der Waals surface area contributed by atoms with Gasteiger partial charge in [0.25, 0.3) is 5.69 Å².